The fourth-order valence-corrected chi connectivity index (χ4v) is 3.92. The SMILES string of the molecule is CCCc1ccc(N=c2scc(C)n2-c2ccc(CCC)cc2)cc1. The molecule has 0 aliphatic rings. The van der Waals surface area contributed by atoms with Gasteiger partial charge in [-0.05, 0) is 55.2 Å². The molecule has 0 N–H and O–H groups in total. The summed E-state index contributed by atoms with van der Waals surface area (Å²) in [6.45, 7) is 6.57. The molecule has 25 heavy (non-hydrogen) atoms. The third-order valence-electron chi connectivity index (χ3n) is 4.31. The van der Waals surface area contributed by atoms with E-state index >= 15 is 0 Å². The summed E-state index contributed by atoms with van der Waals surface area (Å²) in [6, 6.07) is 17.5. The van der Waals surface area contributed by atoms with Crippen LogP contribution in [0.4, 0.5) is 5.69 Å². The molecule has 1 heterocycles. The molecule has 1 aromatic heterocycles. The molecule has 0 saturated carbocycles. The van der Waals surface area contributed by atoms with Crippen LogP contribution in [0.2, 0.25) is 0 Å². The Kier molecular flexibility index (Phi) is 5.87. The van der Waals surface area contributed by atoms with E-state index in [0.717, 1.165) is 23.3 Å². The second kappa shape index (κ2) is 8.30. The number of rotatable bonds is 6. The normalized spacial score (nSPS) is 11.9. The Labute approximate surface area is 154 Å². The Balaban J connectivity index is 1.95. The summed E-state index contributed by atoms with van der Waals surface area (Å²) in [7, 11) is 0. The molecule has 0 bridgehead atoms. The fourth-order valence-electron chi connectivity index (χ4n) is 3.02. The number of benzene rings is 2. The van der Waals surface area contributed by atoms with E-state index in [1.165, 1.54) is 35.3 Å². The van der Waals surface area contributed by atoms with Gasteiger partial charge in [-0.3, -0.25) is 4.57 Å². The fraction of sp³-hybridized carbons (Fsp3) is 0.318. The predicted octanol–water partition coefficient (Wildman–Crippen LogP) is 5.98. The topological polar surface area (TPSA) is 17.3 Å². The minimum Gasteiger partial charge on any atom is -0.290 e. The van der Waals surface area contributed by atoms with Gasteiger partial charge in [0.05, 0.1) is 5.69 Å². The van der Waals surface area contributed by atoms with Gasteiger partial charge in [0.15, 0.2) is 4.80 Å². The monoisotopic (exact) mass is 350 g/mol. The van der Waals surface area contributed by atoms with Crippen LogP contribution in [-0.4, -0.2) is 4.57 Å². The van der Waals surface area contributed by atoms with Crippen LogP contribution in [0, 0.1) is 6.92 Å². The Morgan fingerprint density at radius 3 is 1.96 bits per heavy atom. The maximum absolute atomic E-state index is 4.88. The van der Waals surface area contributed by atoms with Crippen LogP contribution >= 0.6 is 11.3 Å². The standard InChI is InChI=1S/C22H26N2S/c1-4-6-18-8-12-20(13-9-18)23-22-24(17(3)16-25-22)21-14-10-19(7-5-2)11-15-21/h8-16H,4-7H2,1-3H3. The van der Waals surface area contributed by atoms with Gasteiger partial charge in [0.1, 0.15) is 0 Å². The molecule has 3 aromatic rings. The highest BCUT2D eigenvalue weighted by Gasteiger charge is 2.05. The van der Waals surface area contributed by atoms with Crippen LogP contribution in [-0.2, 0) is 12.8 Å². The van der Waals surface area contributed by atoms with Crippen molar-refractivity contribution in [2.45, 2.75) is 46.5 Å². The second-order valence-electron chi connectivity index (χ2n) is 6.44. The third kappa shape index (κ3) is 4.29. The number of hydrogen-bond acceptors (Lipinski definition) is 2. The number of nitrogens with zero attached hydrogens (tertiary/aromatic N) is 2. The lowest BCUT2D eigenvalue weighted by Gasteiger charge is -2.07. The van der Waals surface area contributed by atoms with E-state index in [1.807, 2.05) is 0 Å². The van der Waals surface area contributed by atoms with Crippen molar-refractivity contribution >= 4 is 17.0 Å². The maximum Gasteiger partial charge on any atom is 0.194 e. The van der Waals surface area contributed by atoms with Crippen LogP contribution in [0.3, 0.4) is 0 Å². The molecule has 3 heteroatoms. The van der Waals surface area contributed by atoms with Crippen LogP contribution in [0.1, 0.15) is 43.5 Å². The second-order valence-corrected chi connectivity index (χ2v) is 7.28. The Hall–Kier alpha value is -2.13. The van der Waals surface area contributed by atoms with Crippen molar-refractivity contribution in [1.29, 1.82) is 0 Å². The largest absolute Gasteiger partial charge is 0.290 e. The van der Waals surface area contributed by atoms with Gasteiger partial charge in [-0.1, -0.05) is 51.0 Å². The van der Waals surface area contributed by atoms with Crippen molar-refractivity contribution < 1.29 is 0 Å². The Morgan fingerprint density at radius 1 is 0.840 bits per heavy atom. The van der Waals surface area contributed by atoms with Crippen molar-refractivity contribution in [3.8, 4) is 5.69 Å². The molecule has 3 rings (SSSR count). The molecular formula is C22H26N2S. The quantitative estimate of drug-likeness (QED) is 0.520. The van der Waals surface area contributed by atoms with Gasteiger partial charge in [0, 0.05) is 16.8 Å². The molecule has 2 aromatic carbocycles. The molecule has 130 valence electrons. The molecule has 0 fully saturated rings. The first kappa shape index (κ1) is 17.7. The molecule has 0 spiro atoms. The summed E-state index contributed by atoms with van der Waals surface area (Å²) < 4.78 is 2.24. The molecule has 0 saturated heterocycles. The zero-order valence-corrected chi connectivity index (χ0v) is 16.1. The van der Waals surface area contributed by atoms with Crippen molar-refractivity contribution in [2.24, 2.45) is 4.99 Å². The molecule has 2 nitrogen and oxygen atoms in total. The first-order chi connectivity index (χ1) is 12.2. The number of thiazole rings is 1. The van der Waals surface area contributed by atoms with Crippen molar-refractivity contribution in [3.05, 3.63) is 75.5 Å². The van der Waals surface area contributed by atoms with E-state index in [-0.39, 0.29) is 0 Å². The van der Waals surface area contributed by atoms with Gasteiger partial charge in [0.2, 0.25) is 0 Å². The molecule has 0 unspecified atom stereocenters. The minimum atomic E-state index is 1.01. The summed E-state index contributed by atoms with van der Waals surface area (Å²) >= 11 is 1.69. The lowest BCUT2D eigenvalue weighted by Crippen LogP contribution is -2.13. The molecule has 0 radical (unpaired) electrons. The summed E-state index contributed by atoms with van der Waals surface area (Å²) in [5.41, 5.74) is 6.18. The van der Waals surface area contributed by atoms with Crippen LogP contribution < -0.4 is 4.80 Å². The van der Waals surface area contributed by atoms with E-state index < -0.39 is 0 Å². The van der Waals surface area contributed by atoms with E-state index in [9.17, 15) is 0 Å². The van der Waals surface area contributed by atoms with E-state index in [1.54, 1.807) is 11.3 Å². The van der Waals surface area contributed by atoms with E-state index in [4.69, 9.17) is 4.99 Å². The van der Waals surface area contributed by atoms with Crippen LogP contribution in [0.5, 0.6) is 0 Å². The van der Waals surface area contributed by atoms with E-state index in [0.29, 0.717) is 0 Å². The highest BCUT2D eigenvalue weighted by molar-refractivity contribution is 7.07. The minimum absolute atomic E-state index is 1.01. The first-order valence-electron chi connectivity index (χ1n) is 9.11. The van der Waals surface area contributed by atoms with Gasteiger partial charge in [-0.25, -0.2) is 4.99 Å². The number of aryl methyl sites for hydroxylation is 3. The highest BCUT2D eigenvalue weighted by Crippen LogP contribution is 2.17. The average Bonchev–Trinajstić information content (AvgIpc) is 2.98. The maximum atomic E-state index is 4.88. The first-order valence-corrected chi connectivity index (χ1v) is 9.99. The smallest absolute Gasteiger partial charge is 0.194 e. The van der Waals surface area contributed by atoms with Crippen LogP contribution in [0.25, 0.3) is 5.69 Å². The lowest BCUT2D eigenvalue weighted by molar-refractivity contribution is 0.913. The molecule has 0 aliphatic carbocycles. The number of hydrogen-bond donors (Lipinski definition) is 0. The van der Waals surface area contributed by atoms with Crippen molar-refractivity contribution in [2.75, 3.05) is 0 Å². The highest BCUT2D eigenvalue weighted by atomic mass is 32.1. The van der Waals surface area contributed by atoms with Gasteiger partial charge in [0.25, 0.3) is 0 Å². The lowest BCUT2D eigenvalue weighted by atomic mass is 10.1. The average molecular weight is 351 g/mol. The molecular weight excluding hydrogens is 324 g/mol. The Bertz CT molecular complexity index is 868. The molecule has 0 atom stereocenters. The zero-order valence-electron chi connectivity index (χ0n) is 15.3. The molecule has 0 amide bonds. The third-order valence-corrected chi connectivity index (χ3v) is 5.26. The summed E-state index contributed by atoms with van der Waals surface area (Å²) in [5.74, 6) is 0. The van der Waals surface area contributed by atoms with Gasteiger partial charge in [-0.15, -0.1) is 11.3 Å². The van der Waals surface area contributed by atoms with Crippen molar-refractivity contribution in [3.63, 3.8) is 0 Å². The zero-order chi connectivity index (χ0) is 17.6. The molecule has 0 aliphatic heterocycles. The summed E-state index contributed by atoms with van der Waals surface area (Å²) in [6.07, 6.45) is 4.62. The van der Waals surface area contributed by atoms with Gasteiger partial charge >= 0.3 is 0 Å². The summed E-state index contributed by atoms with van der Waals surface area (Å²) in [4.78, 5) is 5.90. The van der Waals surface area contributed by atoms with Gasteiger partial charge < -0.3 is 0 Å². The van der Waals surface area contributed by atoms with Crippen molar-refractivity contribution in [1.82, 2.24) is 4.57 Å². The summed E-state index contributed by atoms with van der Waals surface area (Å²) in [5, 5.41) is 2.17. The van der Waals surface area contributed by atoms with E-state index in [2.05, 4.69) is 79.2 Å². The number of aromatic nitrogens is 1. The van der Waals surface area contributed by atoms with Crippen LogP contribution in [0.15, 0.2) is 58.9 Å². The van der Waals surface area contributed by atoms with Gasteiger partial charge in [-0.2, -0.15) is 0 Å². The Morgan fingerprint density at radius 2 is 1.40 bits per heavy atom. The predicted molar refractivity (Wildman–Crippen MR) is 108 cm³/mol.